The third-order valence-electron chi connectivity index (χ3n) is 4.24. The molecular weight excluding hydrogens is 466 g/mol. The van der Waals surface area contributed by atoms with Crippen LogP contribution in [0.3, 0.4) is 0 Å². The molecule has 30 heavy (non-hydrogen) atoms. The van der Waals surface area contributed by atoms with E-state index in [1.807, 2.05) is 0 Å². The number of nitrogens with one attached hydrogen (secondary N) is 1. The molecule has 0 radical (unpaired) electrons. The highest BCUT2D eigenvalue weighted by atomic mass is 35.5. The predicted octanol–water partition coefficient (Wildman–Crippen LogP) is 5.44. The van der Waals surface area contributed by atoms with Crippen molar-refractivity contribution in [3.05, 3.63) is 62.5 Å². The molecule has 0 aliphatic carbocycles. The number of rotatable bonds is 6. The highest BCUT2D eigenvalue weighted by Crippen LogP contribution is 2.35. The lowest BCUT2D eigenvalue weighted by molar-refractivity contribution is -0.141. The van der Waals surface area contributed by atoms with E-state index in [9.17, 15) is 18.0 Å². The maximum Gasteiger partial charge on any atom is 0.436 e. The zero-order valence-corrected chi connectivity index (χ0v) is 17.7. The lowest BCUT2D eigenvalue weighted by Gasteiger charge is -2.07. The Bertz CT molecular complexity index is 1060. The van der Waals surface area contributed by atoms with Gasteiger partial charge in [0.05, 0.1) is 23.8 Å². The summed E-state index contributed by atoms with van der Waals surface area (Å²) in [5.74, 6) is -0.148. The van der Waals surface area contributed by atoms with Gasteiger partial charge in [-0.25, -0.2) is 0 Å². The largest absolute Gasteiger partial charge is 0.436 e. The number of hydrogen-bond acceptors (Lipinski definition) is 3. The average Bonchev–Trinajstić information content (AvgIpc) is 3.21. The van der Waals surface area contributed by atoms with Crippen LogP contribution in [0.15, 0.2) is 30.5 Å². The van der Waals surface area contributed by atoms with Crippen LogP contribution in [-0.2, 0) is 24.1 Å². The molecule has 160 valence electrons. The second-order valence-electron chi connectivity index (χ2n) is 6.37. The van der Waals surface area contributed by atoms with Gasteiger partial charge in [0, 0.05) is 34.3 Å². The Morgan fingerprint density at radius 2 is 1.80 bits per heavy atom. The first-order valence-electron chi connectivity index (χ1n) is 8.62. The Labute approximate surface area is 184 Å². The molecule has 0 unspecified atom stereocenters. The smallest absolute Gasteiger partial charge is 0.309 e. The van der Waals surface area contributed by atoms with Crippen LogP contribution in [-0.4, -0.2) is 25.5 Å². The van der Waals surface area contributed by atoms with E-state index in [0.717, 1.165) is 4.68 Å². The molecule has 0 saturated heterocycles. The number of aryl methyl sites for hydroxylation is 1. The Morgan fingerprint density at radius 1 is 1.13 bits per heavy atom. The van der Waals surface area contributed by atoms with E-state index in [1.165, 1.54) is 6.92 Å². The minimum absolute atomic E-state index is 0.0661. The van der Waals surface area contributed by atoms with Crippen molar-refractivity contribution in [3.63, 3.8) is 0 Å². The summed E-state index contributed by atoms with van der Waals surface area (Å²) in [4.78, 5) is 12.2. The van der Waals surface area contributed by atoms with Crippen molar-refractivity contribution in [2.75, 3.05) is 5.32 Å². The second-order valence-corrected chi connectivity index (χ2v) is 7.56. The monoisotopic (exact) mass is 479 g/mol. The number of halogens is 6. The number of aromatic nitrogens is 4. The predicted molar refractivity (Wildman–Crippen MR) is 108 cm³/mol. The van der Waals surface area contributed by atoms with Crippen LogP contribution in [0.1, 0.15) is 23.4 Å². The number of carbonyl (C=O) groups is 1. The Balaban J connectivity index is 1.60. The Kier molecular flexibility index (Phi) is 6.64. The van der Waals surface area contributed by atoms with Crippen molar-refractivity contribution in [1.29, 1.82) is 0 Å². The third kappa shape index (κ3) is 5.08. The zero-order chi connectivity index (χ0) is 22.1. The van der Waals surface area contributed by atoms with Gasteiger partial charge >= 0.3 is 6.18 Å². The third-order valence-corrected chi connectivity index (χ3v) is 5.40. The van der Waals surface area contributed by atoms with Crippen molar-refractivity contribution >= 4 is 46.5 Å². The van der Waals surface area contributed by atoms with E-state index in [4.69, 9.17) is 34.8 Å². The molecule has 0 fully saturated rings. The normalized spacial score (nSPS) is 11.7. The van der Waals surface area contributed by atoms with Crippen molar-refractivity contribution in [2.45, 2.75) is 32.6 Å². The van der Waals surface area contributed by atoms with Crippen LogP contribution in [0.5, 0.6) is 0 Å². The first kappa shape index (κ1) is 22.5. The average molecular weight is 481 g/mol. The minimum Gasteiger partial charge on any atom is -0.309 e. The number of hydrogen-bond donors (Lipinski definition) is 1. The summed E-state index contributed by atoms with van der Waals surface area (Å²) in [7, 11) is 0. The van der Waals surface area contributed by atoms with Crippen molar-refractivity contribution in [3.8, 4) is 0 Å². The molecule has 6 nitrogen and oxygen atoms in total. The Morgan fingerprint density at radius 3 is 2.40 bits per heavy atom. The van der Waals surface area contributed by atoms with Gasteiger partial charge in [0.25, 0.3) is 0 Å². The fourth-order valence-electron chi connectivity index (χ4n) is 2.70. The van der Waals surface area contributed by atoms with E-state index < -0.39 is 22.8 Å². The fourth-order valence-corrected chi connectivity index (χ4v) is 3.46. The highest BCUT2D eigenvalue weighted by Gasteiger charge is 2.38. The van der Waals surface area contributed by atoms with Gasteiger partial charge in [0.2, 0.25) is 5.91 Å². The first-order chi connectivity index (χ1) is 14.1. The summed E-state index contributed by atoms with van der Waals surface area (Å²) in [6, 6.07) is 6.74. The summed E-state index contributed by atoms with van der Waals surface area (Å²) in [5.41, 5.74) is -0.343. The van der Waals surface area contributed by atoms with Crippen LogP contribution < -0.4 is 5.32 Å². The quantitative estimate of drug-likeness (QED) is 0.511. The van der Waals surface area contributed by atoms with E-state index in [2.05, 4.69) is 15.5 Å². The van der Waals surface area contributed by atoms with Crippen LogP contribution in [0.2, 0.25) is 15.1 Å². The molecule has 0 atom stereocenters. The van der Waals surface area contributed by atoms with Crippen molar-refractivity contribution in [1.82, 2.24) is 19.6 Å². The molecule has 2 heterocycles. The van der Waals surface area contributed by atoms with Gasteiger partial charge in [0.15, 0.2) is 11.5 Å². The lowest BCUT2D eigenvalue weighted by atomic mass is 10.2. The number of anilines is 1. The molecule has 3 rings (SSSR count). The maximum absolute atomic E-state index is 12.9. The first-order valence-corrected chi connectivity index (χ1v) is 9.76. The van der Waals surface area contributed by atoms with Gasteiger partial charge in [0.1, 0.15) is 0 Å². The number of carbonyl (C=O) groups excluding carboxylic acids is 1. The molecule has 0 saturated carbocycles. The van der Waals surface area contributed by atoms with Gasteiger partial charge in [-0.05, 0) is 19.1 Å². The SMILES string of the molecule is Cc1c(Cl)c(C(F)(F)F)nn1CCC(=O)Nc1ccn(Cc2c(Cl)cccc2Cl)n1. The van der Waals surface area contributed by atoms with Crippen molar-refractivity contribution < 1.29 is 18.0 Å². The fraction of sp³-hybridized carbons (Fsp3) is 0.278. The summed E-state index contributed by atoms with van der Waals surface area (Å²) in [6.45, 7) is 1.65. The number of nitrogens with zero attached hydrogens (tertiary/aromatic N) is 4. The van der Waals surface area contributed by atoms with Gasteiger partial charge < -0.3 is 5.32 Å². The molecule has 0 spiro atoms. The van der Waals surface area contributed by atoms with E-state index in [-0.39, 0.29) is 24.5 Å². The molecule has 0 aliphatic heterocycles. The summed E-state index contributed by atoms with van der Waals surface area (Å²) in [5, 5.41) is 10.8. The summed E-state index contributed by atoms with van der Waals surface area (Å²) < 4.78 is 41.2. The van der Waals surface area contributed by atoms with E-state index in [1.54, 1.807) is 35.1 Å². The van der Waals surface area contributed by atoms with Gasteiger partial charge in [-0.1, -0.05) is 40.9 Å². The maximum atomic E-state index is 12.9. The van der Waals surface area contributed by atoms with E-state index >= 15 is 0 Å². The van der Waals surface area contributed by atoms with Gasteiger partial charge in [-0.2, -0.15) is 23.4 Å². The molecule has 2 aromatic heterocycles. The second kappa shape index (κ2) is 8.87. The summed E-state index contributed by atoms with van der Waals surface area (Å²) in [6.07, 6.45) is -3.13. The van der Waals surface area contributed by atoms with E-state index in [0.29, 0.717) is 22.2 Å². The number of amides is 1. The standard InChI is InChI=1S/C18H15Cl3F3N5O/c1-10-16(21)17(18(22,23)24)27-29(10)8-6-15(30)25-14-5-7-28(26-14)9-11-12(19)3-2-4-13(11)20/h2-5,7H,6,8-9H2,1H3,(H,25,26,30). The minimum atomic E-state index is -4.66. The summed E-state index contributed by atoms with van der Waals surface area (Å²) >= 11 is 18.0. The van der Waals surface area contributed by atoms with Crippen molar-refractivity contribution in [2.24, 2.45) is 0 Å². The van der Waals surface area contributed by atoms with Crippen LogP contribution in [0.25, 0.3) is 0 Å². The molecular formula is C18H15Cl3F3N5O. The topological polar surface area (TPSA) is 64.7 Å². The molecule has 12 heteroatoms. The molecule has 1 aromatic carbocycles. The van der Waals surface area contributed by atoms with Crippen LogP contribution in [0, 0.1) is 6.92 Å². The van der Waals surface area contributed by atoms with Crippen LogP contribution >= 0.6 is 34.8 Å². The molecule has 0 bridgehead atoms. The molecule has 1 amide bonds. The molecule has 3 aromatic rings. The van der Waals surface area contributed by atoms with Crippen LogP contribution in [0.4, 0.5) is 19.0 Å². The molecule has 1 N–H and O–H groups in total. The number of alkyl halides is 3. The van der Waals surface area contributed by atoms with Gasteiger partial charge in [-0.15, -0.1) is 0 Å². The highest BCUT2D eigenvalue weighted by molar-refractivity contribution is 6.36. The lowest BCUT2D eigenvalue weighted by Crippen LogP contribution is -2.16. The Hall–Kier alpha value is -2.23. The zero-order valence-electron chi connectivity index (χ0n) is 15.5. The van der Waals surface area contributed by atoms with Gasteiger partial charge in [-0.3, -0.25) is 14.2 Å². The molecule has 0 aliphatic rings. The number of benzene rings is 1.